The number of aromatic nitrogens is 3. The summed E-state index contributed by atoms with van der Waals surface area (Å²) in [7, 11) is 3.19. The molecule has 4 rings (SSSR count). The standard InChI is InChI=1S/C19H16N4O3/c1-24-14-9-8-13(10-15(14)25-2)22-17-16-19(21-11-20-17)26-18(23-16)12-6-4-3-5-7-12/h3-11H,1-2H3,(H,20,21,22). The molecule has 0 radical (unpaired) electrons. The number of benzene rings is 2. The maximum atomic E-state index is 5.77. The molecule has 7 nitrogen and oxygen atoms in total. The lowest BCUT2D eigenvalue weighted by Gasteiger charge is -2.10. The van der Waals surface area contributed by atoms with Gasteiger partial charge in [-0.15, -0.1) is 0 Å². The molecule has 0 aliphatic heterocycles. The van der Waals surface area contributed by atoms with Gasteiger partial charge < -0.3 is 19.2 Å². The Kier molecular flexibility index (Phi) is 4.10. The highest BCUT2D eigenvalue weighted by Gasteiger charge is 2.14. The highest BCUT2D eigenvalue weighted by molar-refractivity contribution is 5.85. The normalized spacial score (nSPS) is 10.7. The molecule has 1 N–H and O–H groups in total. The Balaban J connectivity index is 1.72. The van der Waals surface area contributed by atoms with Crippen molar-refractivity contribution in [2.75, 3.05) is 19.5 Å². The number of nitrogens with zero attached hydrogens (tertiary/aromatic N) is 3. The fraction of sp³-hybridized carbons (Fsp3) is 0.105. The van der Waals surface area contributed by atoms with E-state index >= 15 is 0 Å². The SMILES string of the molecule is COc1ccc(Nc2ncnc3oc(-c4ccccc4)nc23)cc1OC. The maximum Gasteiger partial charge on any atom is 0.252 e. The second kappa shape index (κ2) is 6.72. The van der Waals surface area contributed by atoms with Crippen LogP contribution < -0.4 is 14.8 Å². The van der Waals surface area contributed by atoms with Gasteiger partial charge in [0.1, 0.15) is 6.33 Å². The lowest BCUT2D eigenvalue weighted by Crippen LogP contribution is -1.97. The number of methoxy groups -OCH3 is 2. The highest BCUT2D eigenvalue weighted by atomic mass is 16.5. The number of hydrogen-bond donors (Lipinski definition) is 1. The fourth-order valence-electron chi connectivity index (χ4n) is 2.60. The number of nitrogens with one attached hydrogen (secondary N) is 1. The van der Waals surface area contributed by atoms with E-state index in [1.807, 2.05) is 48.5 Å². The third kappa shape index (κ3) is 2.90. The average Bonchev–Trinajstić information content (AvgIpc) is 3.14. The monoisotopic (exact) mass is 348 g/mol. The van der Waals surface area contributed by atoms with Crippen LogP contribution in [0.25, 0.3) is 22.7 Å². The number of rotatable bonds is 5. The Morgan fingerprint density at radius 1 is 0.923 bits per heavy atom. The van der Waals surface area contributed by atoms with Crippen LogP contribution in [0, 0.1) is 0 Å². The van der Waals surface area contributed by atoms with Crippen LogP contribution in [0.4, 0.5) is 11.5 Å². The summed E-state index contributed by atoms with van der Waals surface area (Å²) in [5.41, 5.74) is 2.64. The van der Waals surface area contributed by atoms with Crippen LogP contribution in [0.1, 0.15) is 0 Å². The quantitative estimate of drug-likeness (QED) is 0.582. The average molecular weight is 348 g/mol. The molecule has 2 heterocycles. The first-order valence-corrected chi connectivity index (χ1v) is 7.94. The molecule has 0 fully saturated rings. The fourth-order valence-corrected chi connectivity index (χ4v) is 2.60. The molecule has 0 amide bonds. The zero-order valence-electron chi connectivity index (χ0n) is 14.3. The van der Waals surface area contributed by atoms with E-state index in [9.17, 15) is 0 Å². The first-order valence-electron chi connectivity index (χ1n) is 7.94. The summed E-state index contributed by atoms with van der Waals surface area (Å²) in [4.78, 5) is 13.0. The van der Waals surface area contributed by atoms with E-state index in [0.29, 0.717) is 34.4 Å². The van der Waals surface area contributed by atoms with Gasteiger partial charge in [0.15, 0.2) is 22.8 Å². The second-order valence-electron chi connectivity index (χ2n) is 5.46. The molecule has 0 saturated carbocycles. The molecule has 0 spiro atoms. The minimum absolute atomic E-state index is 0.418. The van der Waals surface area contributed by atoms with Gasteiger partial charge in [-0.05, 0) is 24.3 Å². The number of ether oxygens (including phenoxy) is 2. The van der Waals surface area contributed by atoms with Crippen molar-refractivity contribution in [2.24, 2.45) is 0 Å². The Bertz CT molecular complexity index is 1050. The van der Waals surface area contributed by atoms with Crippen LogP contribution in [0.3, 0.4) is 0 Å². The summed E-state index contributed by atoms with van der Waals surface area (Å²) in [6, 6.07) is 15.2. The van der Waals surface area contributed by atoms with Gasteiger partial charge in [0.05, 0.1) is 14.2 Å². The first kappa shape index (κ1) is 15.9. The van der Waals surface area contributed by atoms with Gasteiger partial charge in [0.25, 0.3) is 5.71 Å². The molecule has 26 heavy (non-hydrogen) atoms. The predicted octanol–water partition coefficient (Wildman–Crippen LogP) is 4.05. The second-order valence-corrected chi connectivity index (χ2v) is 5.46. The molecule has 0 unspecified atom stereocenters. The smallest absolute Gasteiger partial charge is 0.252 e. The summed E-state index contributed by atoms with van der Waals surface area (Å²) in [6.07, 6.45) is 1.44. The van der Waals surface area contributed by atoms with Crippen LogP contribution in [0.5, 0.6) is 11.5 Å². The predicted molar refractivity (Wildman–Crippen MR) is 97.9 cm³/mol. The van der Waals surface area contributed by atoms with E-state index in [1.54, 1.807) is 14.2 Å². The molecule has 0 saturated heterocycles. The van der Waals surface area contributed by atoms with Crippen molar-refractivity contribution in [1.82, 2.24) is 15.0 Å². The summed E-state index contributed by atoms with van der Waals surface area (Å²) in [5, 5.41) is 3.23. The van der Waals surface area contributed by atoms with Crippen LogP contribution in [0.2, 0.25) is 0 Å². The van der Waals surface area contributed by atoms with E-state index in [-0.39, 0.29) is 0 Å². The van der Waals surface area contributed by atoms with E-state index in [1.165, 1.54) is 6.33 Å². The van der Waals surface area contributed by atoms with E-state index in [2.05, 4.69) is 20.3 Å². The van der Waals surface area contributed by atoms with Crippen molar-refractivity contribution in [3.05, 3.63) is 54.9 Å². The molecule has 0 aliphatic carbocycles. The van der Waals surface area contributed by atoms with E-state index in [0.717, 1.165) is 11.3 Å². The summed E-state index contributed by atoms with van der Waals surface area (Å²) >= 11 is 0. The topological polar surface area (TPSA) is 82.3 Å². The zero-order chi connectivity index (χ0) is 17.9. The Morgan fingerprint density at radius 3 is 2.50 bits per heavy atom. The molecule has 2 aromatic carbocycles. The van der Waals surface area contributed by atoms with E-state index < -0.39 is 0 Å². The van der Waals surface area contributed by atoms with Crippen LogP contribution in [0.15, 0.2) is 59.3 Å². The van der Waals surface area contributed by atoms with Gasteiger partial charge >= 0.3 is 0 Å². The largest absolute Gasteiger partial charge is 0.493 e. The van der Waals surface area contributed by atoms with Crippen molar-refractivity contribution in [3.63, 3.8) is 0 Å². The summed E-state index contributed by atoms with van der Waals surface area (Å²) in [5.74, 6) is 2.32. The molecule has 4 aromatic rings. The number of oxazole rings is 1. The first-order chi connectivity index (χ1) is 12.8. The minimum atomic E-state index is 0.418. The molecule has 2 aromatic heterocycles. The Hall–Kier alpha value is -3.61. The van der Waals surface area contributed by atoms with Crippen LogP contribution in [-0.2, 0) is 0 Å². The van der Waals surface area contributed by atoms with Crippen molar-refractivity contribution in [1.29, 1.82) is 0 Å². The van der Waals surface area contributed by atoms with Crippen molar-refractivity contribution < 1.29 is 13.9 Å². The van der Waals surface area contributed by atoms with Gasteiger partial charge in [-0.1, -0.05) is 18.2 Å². The van der Waals surface area contributed by atoms with Gasteiger partial charge in [0, 0.05) is 17.3 Å². The molecular weight excluding hydrogens is 332 g/mol. The lowest BCUT2D eigenvalue weighted by atomic mass is 10.2. The van der Waals surface area contributed by atoms with Crippen molar-refractivity contribution >= 4 is 22.7 Å². The van der Waals surface area contributed by atoms with Crippen molar-refractivity contribution in [2.45, 2.75) is 0 Å². The number of anilines is 2. The summed E-state index contributed by atoms with van der Waals surface area (Å²) in [6.45, 7) is 0. The lowest BCUT2D eigenvalue weighted by molar-refractivity contribution is 0.355. The highest BCUT2D eigenvalue weighted by Crippen LogP contribution is 2.32. The summed E-state index contributed by atoms with van der Waals surface area (Å²) < 4.78 is 16.4. The molecule has 130 valence electrons. The maximum absolute atomic E-state index is 5.77. The number of fused-ring (bicyclic) bond motifs is 1. The Labute approximate surface area is 149 Å². The molecule has 7 heteroatoms. The molecule has 0 bridgehead atoms. The van der Waals surface area contributed by atoms with Gasteiger partial charge in [0.2, 0.25) is 5.89 Å². The molecular formula is C19H16N4O3. The minimum Gasteiger partial charge on any atom is -0.493 e. The third-order valence-electron chi connectivity index (χ3n) is 3.86. The zero-order valence-corrected chi connectivity index (χ0v) is 14.3. The Morgan fingerprint density at radius 2 is 1.73 bits per heavy atom. The number of hydrogen-bond acceptors (Lipinski definition) is 7. The van der Waals surface area contributed by atoms with Gasteiger partial charge in [-0.2, -0.15) is 4.98 Å². The van der Waals surface area contributed by atoms with E-state index in [4.69, 9.17) is 13.9 Å². The van der Waals surface area contributed by atoms with Crippen LogP contribution >= 0.6 is 0 Å². The molecule has 0 atom stereocenters. The van der Waals surface area contributed by atoms with Gasteiger partial charge in [-0.25, -0.2) is 9.97 Å². The third-order valence-corrected chi connectivity index (χ3v) is 3.86. The van der Waals surface area contributed by atoms with Gasteiger partial charge in [-0.3, -0.25) is 0 Å². The van der Waals surface area contributed by atoms with Crippen molar-refractivity contribution in [3.8, 4) is 23.0 Å². The molecule has 0 aliphatic rings. The van der Waals surface area contributed by atoms with Crippen LogP contribution in [-0.4, -0.2) is 29.2 Å².